The van der Waals surface area contributed by atoms with Gasteiger partial charge < -0.3 is 0 Å². The predicted octanol–water partition coefficient (Wildman–Crippen LogP) is 6.95. The highest BCUT2D eigenvalue weighted by Crippen LogP contribution is 2.27. The Balaban J connectivity index is 2.11. The van der Waals surface area contributed by atoms with Crippen molar-refractivity contribution >= 4 is 23.6 Å². The van der Waals surface area contributed by atoms with Crippen molar-refractivity contribution in [3.8, 4) is 0 Å². The second-order valence-corrected chi connectivity index (χ2v) is 14.3. The molecule has 3 aromatic rings. The van der Waals surface area contributed by atoms with E-state index in [1.807, 2.05) is 0 Å². The molecule has 3 aromatic carbocycles. The first-order valence-corrected chi connectivity index (χ1v) is 14.5. The Kier molecular flexibility index (Phi) is 6.90. The minimum Gasteiger partial charge on any atom is -0.0808 e. The Labute approximate surface area is 202 Å². The monoisotopic (exact) mass is 450 g/mol. The normalized spacial score (nSPS) is 13.9. The maximum atomic E-state index is 2.51. The standard InChI is InChI=1S/C32H38Si/c1-23(2)26-12-9-17-30(20-26)33(29-15-7-8-16-29,31-18-10-13-27(21-31)24(3)4)32-19-11-14-28(22-32)25(5)6/h7-15,17-25H,16H2,1-6H3. The van der Waals surface area contributed by atoms with Gasteiger partial charge in [-0.05, 0) is 56.4 Å². The van der Waals surface area contributed by atoms with Crippen molar-refractivity contribution in [1.29, 1.82) is 0 Å². The summed E-state index contributed by atoms with van der Waals surface area (Å²) in [6.45, 7) is 13.8. The van der Waals surface area contributed by atoms with Crippen LogP contribution in [0.2, 0.25) is 0 Å². The lowest BCUT2D eigenvalue weighted by atomic mass is 10.0. The summed E-state index contributed by atoms with van der Waals surface area (Å²) >= 11 is 0. The zero-order valence-electron chi connectivity index (χ0n) is 21.1. The molecular weight excluding hydrogens is 412 g/mol. The molecule has 33 heavy (non-hydrogen) atoms. The van der Waals surface area contributed by atoms with Crippen LogP contribution in [0.15, 0.2) is 96.2 Å². The second-order valence-electron chi connectivity index (χ2n) is 10.4. The molecule has 0 amide bonds. The molecule has 0 nitrogen and oxygen atoms in total. The Morgan fingerprint density at radius 2 is 0.970 bits per heavy atom. The molecule has 0 radical (unpaired) electrons. The Bertz CT molecular complexity index is 1050. The van der Waals surface area contributed by atoms with Crippen molar-refractivity contribution in [3.63, 3.8) is 0 Å². The zero-order chi connectivity index (χ0) is 23.6. The van der Waals surface area contributed by atoms with Crippen LogP contribution in [-0.2, 0) is 0 Å². The van der Waals surface area contributed by atoms with Crippen LogP contribution in [0.25, 0.3) is 0 Å². The lowest BCUT2D eigenvalue weighted by Crippen LogP contribution is -2.68. The second kappa shape index (κ2) is 9.69. The maximum Gasteiger partial charge on any atom is 0.175 e. The summed E-state index contributed by atoms with van der Waals surface area (Å²) in [5, 5.41) is 6.10. The number of benzene rings is 3. The molecule has 0 aliphatic heterocycles. The van der Waals surface area contributed by atoms with E-state index >= 15 is 0 Å². The summed E-state index contributed by atoms with van der Waals surface area (Å²) in [5.41, 5.74) is 4.28. The Hall–Kier alpha value is -2.64. The summed E-state index contributed by atoms with van der Waals surface area (Å²) in [5.74, 6) is 1.53. The van der Waals surface area contributed by atoms with Gasteiger partial charge in [-0.25, -0.2) is 0 Å². The average molecular weight is 451 g/mol. The molecule has 0 aromatic heterocycles. The first-order valence-electron chi connectivity index (χ1n) is 12.5. The topological polar surface area (TPSA) is 0 Å². The van der Waals surface area contributed by atoms with E-state index in [0.717, 1.165) is 6.42 Å². The molecule has 170 valence electrons. The van der Waals surface area contributed by atoms with Crippen LogP contribution in [0.4, 0.5) is 0 Å². The van der Waals surface area contributed by atoms with E-state index in [9.17, 15) is 0 Å². The highest BCUT2D eigenvalue weighted by molar-refractivity contribution is 7.16. The molecule has 0 spiro atoms. The van der Waals surface area contributed by atoms with Crippen LogP contribution >= 0.6 is 0 Å². The first kappa shape index (κ1) is 23.5. The summed E-state index contributed by atoms with van der Waals surface area (Å²) in [6.07, 6.45) is 8.05. The zero-order valence-corrected chi connectivity index (χ0v) is 22.1. The fourth-order valence-electron chi connectivity index (χ4n) is 5.17. The van der Waals surface area contributed by atoms with Gasteiger partial charge in [-0.1, -0.05) is 138 Å². The minimum atomic E-state index is -2.42. The largest absolute Gasteiger partial charge is 0.175 e. The van der Waals surface area contributed by atoms with Gasteiger partial charge in [-0.15, -0.1) is 0 Å². The first-order chi connectivity index (χ1) is 15.8. The minimum absolute atomic E-state index is 0.510. The van der Waals surface area contributed by atoms with Gasteiger partial charge in [0, 0.05) is 0 Å². The maximum absolute atomic E-state index is 2.51. The van der Waals surface area contributed by atoms with E-state index in [1.165, 1.54) is 32.3 Å². The Morgan fingerprint density at radius 3 is 1.27 bits per heavy atom. The molecule has 0 unspecified atom stereocenters. The molecule has 0 saturated carbocycles. The molecule has 0 atom stereocenters. The molecule has 1 heteroatoms. The third-order valence-corrected chi connectivity index (χ3v) is 12.1. The summed E-state index contributed by atoms with van der Waals surface area (Å²) in [6, 6.07) is 28.5. The molecule has 0 saturated heterocycles. The van der Waals surface area contributed by atoms with Crippen molar-refractivity contribution < 1.29 is 0 Å². The summed E-state index contributed by atoms with van der Waals surface area (Å²) in [4.78, 5) is 0. The fraction of sp³-hybridized carbons (Fsp3) is 0.312. The van der Waals surface area contributed by atoms with E-state index in [-0.39, 0.29) is 0 Å². The van der Waals surface area contributed by atoms with Crippen molar-refractivity contribution in [2.75, 3.05) is 0 Å². The van der Waals surface area contributed by atoms with E-state index in [0.29, 0.717) is 17.8 Å². The van der Waals surface area contributed by atoms with Gasteiger partial charge in [0.1, 0.15) is 0 Å². The van der Waals surface area contributed by atoms with Crippen molar-refractivity contribution in [3.05, 3.63) is 113 Å². The van der Waals surface area contributed by atoms with Gasteiger partial charge in [-0.3, -0.25) is 0 Å². The molecule has 1 aliphatic rings. The van der Waals surface area contributed by atoms with Crippen LogP contribution in [0.3, 0.4) is 0 Å². The van der Waals surface area contributed by atoms with Crippen LogP contribution in [0, 0.1) is 0 Å². The van der Waals surface area contributed by atoms with E-state index in [4.69, 9.17) is 0 Å². The molecular formula is C32H38Si. The fourth-order valence-corrected chi connectivity index (χ4v) is 10.2. The SMILES string of the molecule is CC(C)c1cccc([Si](C2=CC=CC2)(c2cccc(C(C)C)c2)c2cccc(C(C)C)c2)c1. The van der Waals surface area contributed by atoms with Crippen molar-refractivity contribution in [2.45, 2.75) is 65.7 Å². The lowest BCUT2D eigenvalue weighted by Gasteiger charge is -2.36. The van der Waals surface area contributed by atoms with Crippen LogP contribution in [-0.4, -0.2) is 8.07 Å². The quantitative estimate of drug-likeness (QED) is 0.270. The third-order valence-electron chi connectivity index (χ3n) is 7.21. The molecule has 0 N–H and O–H groups in total. The van der Waals surface area contributed by atoms with E-state index in [2.05, 4.69) is 133 Å². The lowest BCUT2D eigenvalue weighted by molar-refractivity contribution is 0.867. The highest BCUT2D eigenvalue weighted by Gasteiger charge is 2.43. The van der Waals surface area contributed by atoms with Crippen LogP contribution < -0.4 is 15.6 Å². The van der Waals surface area contributed by atoms with Crippen molar-refractivity contribution in [2.24, 2.45) is 0 Å². The van der Waals surface area contributed by atoms with Crippen LogP contribution in [0.5, 0.6) is 0 Å². The predicted molar refractivity (Wildman–Crippen MR) is 148 cm³/mol. The number of hydrogen-bond acceptors (Lipinski definition) is 0. The molecule has 0 fully saturated rings. The van der Waals surface area contributed by atoms with Gasteiger partial charge in [0.05, 0.1) is 0 Å². The third kappa shape index (κ3) is 4.44. The molecule has 0 bridgehead atoms. The smallest absolute Gasteiger partial charge is 0.0808 e. The van der Waals surface area contributed by atoms with Gasteiger partial charge in [0.2, 0.25) is 0 Å². The molecule has 0 heterocycles. The molecule has 4 rings (SSSR count). The highest BCUT2D eigenvalue weighted by atomic mass is 28.3. The molecule has 1 aliphatic carbocycles. The van der Waals surface area contributed by atoms with Gasteiger partial charge in [0.25, 0.3) is 0 Å². The van der Waals surface area contributed by atoms with Gasteiger partial charge in [0.15, 0.2) is 8.07 Å². The van der Waals surface area contributed by atoms with Crippen LogP contribution in [0.1, 0.15) is 82.4 Å². The Morgan fingerprint density at radius 1 is 0.576 bits per heavy atom. The van der Waals surface area contributed by atoms with E-state index < -0.39 is 8.07 Å². The van der Waals surface area contributed by atoms with E-state index in [1.54, 1.807) is 5.20 Å². The summed E-state index contributed by atoms with van der Waals surface area (Å²) in [7, 11) is -2.42. The summed E-state index contributed by atoms with van der Waals surface area (Å²) < 4.78 is 0. The number of allylic oxidation sites excluding steroid dienone is 4. The average Bonchev–Trinajstić information content (AvgIpc) is 3.35. The van der Waals surface area contributed by atoms with Gasteiger partial charge in [-0.2, -0.15) is 0 Å². The number of rotatable bonds is 7. The van der Waals surface area contributed by atoms with Gasteiger partial charge >= 0.3 is 0 Å². The number of hydrogen-bond donors (Lipinski definition) is 0. The van der Waals surface area contributed by atoms with Crippen molar-refractivity contribution in [1.82, 2.24) is 0 Å².